The first-order chi connectivity index (χ1) is 13.4. The molecule has 0 radical (unpaired) electrons. The second-order valence-corrected chi connectivity index (χ2v) is 7.26. The van der Waals surface area contributed by atoms with Gasteiger partial charge < -0.3 is 15.4 Å². The van der Waals surface area contributed by atoms with Crippen molar-refractivity contribution >= 4 is 17.6 Å². The smallest absolute Gasteiger partial charge is 0.340 e. The molecule has 6 nitrogen and oxygen atoms in total. The number of aryl methyl sites for hydroxylation is 2. The fourth-order valence-corrected chi connectivity index (χ4v) is 3.38. The zero-order valence-electron chi connectivity index (χ0n) is 16.5. The van der Waals surface area contributed by atoms with E-state index < -0.39 is 5.97 Å². The summed E-state index contributed by atoms with van der Waals surface area (Å²) in [6.07, 6.45) is 0. The van der Waals surface area contributed by atoms with Crippen LogP contribution in [0, 0.1) is 13.8 Å². The van der Waals surface area contributed by atoms with Gasteiger partial charge in [0, 0.05) is 38.4 Å². The molecule has 148 valence electrons. The Kier molecular flexibility index (Phi) is 6.31. The molecule has 0 bridgehead atoms. The third-order valence-electron chi connectivity index (χ3n) is 5.08. The van der Waals surface area contributed by atoms with Gasteiger partial charge in [-0.2, -0.15) is 0 Å². The maximum Gasteiger partial charge on any atom is 0.340 e. The number of nitrogen functional groups attached to an aromatic ring is 1. The summed E-state index contributed by atoms with van der Waals surface area (Å²) in [5.74, 6) is -0.734. The molecule has 6 heteroatoms. The van der Waals surface area contributed by atoms with Gasteiger partial charge in [-0.05, 0) is 31.0 Å². The largest absolute Gasteiger partial charge is 0.452 e. The van der Waals surface area contributed by atoms with Crippen molar-refractivity contribution in [3.8, 4) is 0 Å². The molecule has 1 saturated heterocycles. The summed E-state index contributed by atoms with van der Waals surface area (Å²) in [6.45, 7) is 7.41. The molecule has 3 rings (SSSR count). The second-order valence-electron chi connectivity index (χ2n) is 7.26. The van der Waals surface area contributed by atoms with Crippen molar-refractivity contribution in [3.63, 3.8) is 0 Å². The Labute approximate surface area is 165 Å². The van der Waals surface area contributed by atoms with Crippen LogP contribution in [0.15, 0.2) is 42.5 Å². The van der Waals surface area contributed by atoms with E-state index >= 15 is 0 Å². The van der Waals surface area contributed by atoms with E-state index in [0.29, 0.717) is 24.3 Å². The Morgan fingerprint density at radius 1 is 1.04 bits per heavy atom. The lowest BCUT2D eigenvalue weighted by molar-refractivity contribution is -0.136. The summed E-state index contributed by atoms with van der Waals surface area (Å²) in [6, 6.07) is 13.7. The molecule has 1 aliphatic heterocycles. The van der Waals surface area contributed by atoms with Crippen LogP contribution in [0.1, 0.15) is 27.0 Å². The summed E-state index contributed by atoms with van der Waals surface area (Å²) in [4.78, 5) is 28.7. The highest BCUT2D eigenvalue weighted by atomic mass is 16.5. The number of ether oxygens (including phenoxy) is 1. The molecule has 1 aliphatic rings. The van der Waals surface area contributed by atoms with Gasteiger partial charge in [0.15, 0.2) is 6.61 Å². The van der Waals surface area contributed by atoms with Gasteiger partial charge in [-0.25, -0.2) is 4.79 Å². The Bertz CT molecular complexity index is 858. The van der Waals surface area contributed by atoms with Crippen LogP contribution in [0.3, 0.4) is 0 Å². The first-order valence-electron chi connectivity index (χ1n) is 9.52. The number of anilines is 1. The van der Waals surface area contributed by atoms with Crippen LogP contribution in [0.4, 0.5) is 5.69 Å². The molecule has 0 unspecified atom stereocenters. The van der Waals surface area contributed by atoms with E-state index in [9.17, 15) is 9.59 Å². The van der Waals surface area contributed by atoms with Crippen molar-refractivity contribution in [3.05, 3.63) is 64.7 Å². The Morgan fingerprint density at radius 2 is 1.75 bits per heavy atom. The Morgan fingerprint density at radius 3 is 2.46 bits per heavy atom. The molecule has 0 aromatic heterocycles. The normalized spacial score (nSPS) is 14.7. The van der Waals surface area contributed by atoms with Gasteiger partial charge in [-0.1, -0.05) is 42.0 Å². The number of para-hydroxylation sites is 1. The topological polar surface area (TPSA) is 75.9 Å². The molecule has 2 N–H and O–H groups in total. The van der Waals surface area contributed by atoms with Crippen molar-refractivity contribution in [2.45, 2.75) is 20.4 Å². The predicted octanol–water partition coefficient (Wildman–Crippen LogP) is 2.39. The van der Waals surface area contributed by atoms with Crippen molar-refractivity contribution in [2.24, 2.45) is 0 Å². The number of esters is 1. The fourth-order valence-electron chi connectivity index (χ4n) is 3.38. The first kappa shape index (κ1) is 19.9. The summed E-state index contributed by atoms with van der Waals surface area (Å²) < 4.78 is 5.19. The lowest BCUT2D eigenvalue weighted by Gasteiger charge is -2.34. The number of carbonyl (C=O) groups excluding carboxylic acids is 2. The van der Waals surface area contributed by atoms with Gasteiger partial charge in [0.25, 0.3) is 5.91 Å². The third-order valence-corrected chi connectivity index (χ3v) is 5.08. The molecule has 0 aliphatic carbocycles. The summed E-state index contributed by atoms with van der Waals surface area (Å²) >= 11 is 0. The van der Waals surface area contributed by atoms with Crippen LogP contribution >= 0.6 is 0 Å². The van der Waals surface area contributed by atoms with Gasteiger partial charge in [0.1, 0.15) is 0 Å². The van der Waals surface area contributed by atoms with Gasteiger partial charge in [-0.15, -0.1) is 0 Å². The minimum Gasteiger partial charge on any atom is -0.452 e. The van der Waals surface area contributed by atoms with Gasteiger partial charge in [0.05, 0.1) is 5.56 Å². The van der Waals surface area contributed by atoms with Crippen molar-refractivity contribution in [1.29, 1.82) is 0 Å². The van der Waals surface area contributed by atoms with E-state index in [-0.39, 0.29) is 12.5 Å². The highest BCUT2D eigenvalue weighted by Crippen LogP contribution is 2.17. The van der Waals surface area contributed by atoms with Crippen LogP contribution in [0.2, 0.25) is 0 Å². The molecule has 2 aromatic carbocycles. The number of rotatable bonds is 5. The van der Waals surface area contributed by atoms with E-state index in [2.05, 4.69) is 36.1 Å². The molecule has 0 atom stereocenters. The Hall–Kier alpha value is -2.86. The maximum absolute atomic E-state index is 12.4. The highest BCUT2D eigenvalue weighted by molar-refractivity contribution is 5.96. The molecular formula is C22H27N3O3. The lowest BCUT2D eigenvalue weighted by Crippen LogP contribution is -2.49. The monoisotopic (exact) mass is 381 g/mol. The zero-order chi connectivity index (χ0) is 20.1. The number of hydrogen-bond acceptors (Lipinski definition) is 5. The molecule has 1 fully saturated rings. The minimum atomic E-state index is -0.562. The minimum absolute atomic E-state index is 0.171. The first-order valence-corrected chi connectivity index (χ1v) is 9.52. The van der Waals surface area contributed by atoms with E-state index in [0.717, 1.165) is 25.2 Å². The predicted molar refractivity (Wildman–Crippen MR) is 109 cm³/mol. The van der Waals surface area contributed by atoms with E-state index in [1.165, 1.54) is 11.1 Å². The SMILES string of the molecule is Cc1cccc(CN2CCN(C(=O)COC(=O)c3cccc(C)c3N)CC2)c1. The molecule has 0 spiro atoms. The number of nitrogens with zero attached hydrogens (tertiary/aromatic N) is 2. The molecule has 1 heterocycles. The number of benzene rings is 2. The van der Waals surface area contributed by atoms with Crippen molar-refractivity contribution in [2.75, 3.05) is 38.5 Å². The van der Waals surface area contributed by atoms with Crippen LogP contribution in [0.5, 0.6) is 0 Å². The van der Waals surface area contributed by atoms with Crippen LogP contribution in [-0.4, -0.2) is 54.5 Å². The summed E-state index contributed by atoms with van der Waals surface area (Å²) in [5.41, 5.74) is 9.96. The number of carbonyl (C=O) groups is 2. The fraction of sp³-hybridized carbons (Fsp3) is 0.364. The second kappa shape index (κ2) is 8.89. The van der Waals surface area contributed by atoms with Crippen LogP contribution in [-0.2, 0) is 16.1 Å². The van der Waals surface area contributed by atoms with E-state index in [1.807, 2.05) is 13.0 Å². The molecule has 0 saturated carbocycles. The Balaban J connectivity index is 1.46. The number of amides is 1. The average Bonchev–Trinajstić information content (AvgIpc) is 2.68. The van der Waals surface area contributed by atoms with Crippen molar-refractivity contribution in [1.82, 2.24) is 9.80 Å². The molecule has 28 heavy (non-hydrogen) atoms. The third kappa shape index (κ3) is 4.89. The van der Waals surface area contributed by atoms with Gasteiger partial charge in [-0.3, -0.25) is 9.69 Å². The molecule has 1 amide bonds. The summed E-state index contributed by atoms with van der Waals surface area (Å²) in [7, 11) is 0. The quantitative estimate of drug-likeness (QED) is 0.636. The van der Waals surface area contributed by atoms with Crippen LogP contribution in [0.25, 0.3) is 0 Å². The van der Waals surface area contributed by atoms with E-state index in [4.69, 9.17) is 10.5 Å². The summed E-state index contributed by atoms with van der Waals surface area (Å²) in [5, 5.41) is 0. The number of nitrogens with two attached hydrogens (primary N) is 1. The zero-order valence-corrected chi connectivity index (χ0v) is 16.5. The highest BCUT2D eigenvalue weighted by Gasteiger charge is 2.22. The van der Waals surface area contributed by atoms with Gasteiger partial charge >= 0.3 is 5.97 Å². The standard InChI is InChI=1S/C22H27N3O3/c1-16-5-3-7-18(13-16)14-24-9-11-25(12-10-24)20(26)15-28-22(27)19-8-4-6-17(2)21(19)23/h3-8,13H,9-12,14-15,23H2,1-2H3. The number of piperazine rings is 1. The van der Waals surface area contributed by atoms with Crippen molar-refractivity contribution < 1.29 is 14.3 Å². The van der Waals surface area contributed by atoms with Crippen LogP contribution < -0.4 is 5.73 Å². The van der Waals surface area contributed by atoms with E-state index in [1.54, 1.807) is 17.0 Å². The lowest BCUT2D eigenvalue weighted by atomic mass is 10.1. The maximum atomic E-state index is 12.4. The molecule has 2 aromatic rings. The molecular weight excluding hydrogens is 354 g/mol. The average molecular weight is 381 g/mol. The number of hydrogen-bond donors (Lipinski definition) is 1. The van der Waals surface area contributed by atoms with Gasteiger partial charge in [0.2, 0.25) is 0 Å².